The number of fused-ring (bicyclic) bond motifs is 3. The number of hydrogen-bond acceptors (Lipinski definition) is 5. The highest BCUT2D eigenvalue weighted by atomic mass is 16.3. The molecular weight excluding hydrogens is 492 g/mol. The Bertz CT molecular complexity index is 1330. The van der Waals surface area contributed by atoms with Crippen LogP contribution in [0.1, 0.15) is 109 Å². The summed E-state index contributed by atoms with van der Waals surface area (Å²) in [6.07, 6.45) is 8.92. The summed E-state index contributed by atoms with van der Waals surface area (Å²) in [5, 5.41) is 6.96. The minimum Gasteiger partial charge on any atom is -0.465 e. The van der Waals surface area contributed by atoms with Crippen molar-refractivity contribution in [2.45, 2.75) is 109 Å². The quantitative estimate of drug-likeness (QED) is 0.354. The van der Waals surface area contributed by atoms with Gasteiger partial charge in [0, 0.05) is 55.8 Å². The molecule has 1 aliphatic carbocycles. The van der Waals surface area contributed by atoms with Crippen LogP contribution >= 0.6 is 0 Å². The van der Waals surface area contributed by atoms with Crippen molar-refractivity contribution in [2.24, 2.45) is 0 Å². The molecule has 0 bridgehead atoms. The third kappa shape index (κ3) is 5.79. The highest BCUT2D eigenvalue weighted by Crippen LogP contribution is 2.36. The predicted molar refractivity (Wildman–Crippen MR) is 163 cm³/mol. The molecule has 3 aromatic rings. The van der Waals surface area contributed by atoms with E-state index < -0.39 is 0 Å². The summed E-state index contributed by atoms with van der Waals surface area (Å²) >= 11 is 0. The van der Waals surface area contributed by atoms with Crippen molar-refractivity contribution in [1.29, 1.82) is 0 Å². The number of aromatic nitrogens is 1. The summed E-state index contributed by atoms with van der Waals surface area (Å²) in [7, 11) is 2.10. The third-order valence-electron chi connectivity index (χ3n) is 9.88. The molecule has 2 N–H and O–H groups in total. The maximum Gasteiger partial charge on any atom is 0.110 e. The van der Waals surface area contributed by atoms with Gasteiger partial charge in [0.2, 0.25) is 0 Å². The number of nitrogens with zero attached hydrogens (tertiary/aromatic N) is 2. The van der Waals surface area contributed by atoms with Gasteiger partial charge in [0.1, 0.15) is 11.5 Å². The molecule has 2 aromatic heterocycles. The molecule has 0 saturated carbocycles. The Morgan fingerprint density at radius 3 is 2.65 bits per heavy atom. The Hall–Kier alpha value is -2.47. The van der Waals surface area contributed by atoms with Crippen molar-refractivity contribution in [3.63, 3.8) is 0 Å². The zero-order valence-electron chi connectivity index (χ0n) is 25.2. The van der Waals surface area contributed by atoms with E-state index in [1.54, 1.807) is 11.1 Å². The monoisotopic (exact) mass is 540 g/mol. The lowest BCUT2D eigenvalue weighted by Gasteiger charge is -2.38. The summed E-state index contributed by atoms with van der Waals surface area (Å²) < 4.78 is 6.43. The molecule has 0 amide bonds. The lowest BCUT2D eigenvalue weighted by atomic mass is 9.84. The van der Waals surface area contributed by atoms with Crippen LogP contribution in [-0.2, 0) is 38.8 Å². The number of nitrogens with one attached hydrogen (secondary N) is 2. The molecule has 0 spiro atoms. The molecule has 5 nitrogen and oxygen atoms in total. The summed E-state index contributed by atoms with van der Waals surface area (Å²) in [5.74, 6) is 3.70. The number of aryl methyl sites for hydroxylation is 1. The SMILES string of the molecule is CNC1CCc2ccc(C(C)CN3Cc4cc(C(C)C)oc4CC3CC(C)c3cnc4c(c3)CCNC4)cc2C1. The largest absolute Gasteiger partial charge is 0.465 e. The van der Waals surface area contributed by atoms with Gasteiger partial charge in [-0.1, -0.05) is 52.0 Å². The number of pyridine rings is 1. The fourth-order valence-electron chi connectivity index (χ4n) is 7.18. The lowest BCUT2D eigenvalue weighted by molar-refractivity contribution is 0.140. The number of hydrogen-bond donors (Lipinski definition) is 2. The van der Waals surface area contributed by atoms with Crippen LogP contribution in [0.5, 0.6) is 0 Å². The van der Waals surface area contributed by atoms with E-state index in [0.29, 0.717) is 29.8 Å². The van der Waals surface area contributed by atoms with Crippen molar-refractivity contribution in [1.82, 2.24) is 20.5 Å². The van der Waals surface area contributed by atoms with Crippen LogP contribution in [0.3, 0.4) is 0 Å². The van der Waals surface area contributed by atoms with Crippen LogP contribution in [0.4, 0.5) is 0 Å². The molecule has 4 unspecified atom stereocenters. The second-order valence-corrected chi connectivity index (χ2v) is 13.1. The molecule has 0 saturated heterocycles. The molecule has 4 heterocycles. The number of rotatable bonds is 8. The molecule has 6 rings (SSSR count). The minimum absolute atomic E-state index is 0.420. The Kier molecular flexibility index (Phi) is 8.16. The smallest absolute Gasteiger partial charge is 0.110 e. The highest BCUT2D eigenvalue weighted by Gasteiger charge is 2.32. The summed E-state index contributed by atoms with van der Waals surface area (Å²) in [6, 6.07) is 13.2. The summed E-state index contributed by atoms with van der Waals surface area (Å²) in [4.78, 5) is 7.61. The number of likely N-dealkylation sites (N-methyl/N-ethyl adjacent to an activating group) is 1. The van der Waals surface area contributed by atoms with Gasteiger partial charge in [0.05, 0.1) is 5.69 Å². The second kappa shape index (κ2) is 11.8. The second-order valence-electron chi connectivity index (χ2n) is 13.1. The lowest BCUT2D eigenvalue weighted by Crippen LogP contribution is -2.42. The van der Waals surface area contributed by atoms with E-state index in [4.69, 9.17) is 9.40 Å². The van der Waals surface area contributed by atoms with Crippen molar-refractivity contribution in [3.8, 4) is 0 Å². The average molecular weight is 541 g/mol. The van der Waals surface area contributed by atoms with Crippen molar-refractivity contribution in [2.75, 3.05) is 20.1 Å². The van der Waals surface area contributed by atoms with E-state index in [-0.39, 0.29) is 0 Å². The van der Waals surface area contributed by atoms with E-state index >= 15 is 0 Å². The summed E-state index contributed by atoms with van der Waals surface area (Å²) in [6.45, 7) is 13.3. The van der Waals surface area contributed by atoms with Gasteiger partial charge in [-0.3, -0.25) is 9.88 Å². The van der Waals surface area contributed by atoms with Crippen LogP contribution in [-0.4, -0.2) is 42.1 Å². The maximum absolute atomic E-state index is 6.43. The van der Waals surface area contributed by atoms with E-state index in [2.05, 4.69) is 86.8 Å². The predicted octanol–water partition coefficient (Wildman–Crippen LogP) is 6.24. The van der Waals surface area contributed by atoms with Gasteiger partial charge in [0.25, 0.3) is 0 Å². The Morgan fingerprint density at radius 2 is 1.82 bits per heavy atom. The molecule has 4 atom stereocenters. The normalized spacial score (nSPS) is 22.4. The molecule has 1 aromatic carbocycles. The highest BCUT2D eigenvalue weighted by molar-refractivity contribution is 5.37. The zero-order valence-corrected chi connectivity index (χ0v) is 25.2. The fraction of sp³-hybridized carbons (Fsp3) is 0.571. The van der Waals surface area contributed by atoms with Gasteiger partial charge in [-0.15, -0.1) is 0 Å². The van der Waals surface area contributed by atoms with Gasteiger partial charge in [-0.2, -0.15) is 0 Å². The van der Waals surface area contributed by atoms with Gasteiger partial charge >= 0.3 is 0 Å². The summed E-state index contributed by atoms with van der Waals surface area (Å²) in [5.41, 5.74) is 10.0. The number of benzene rings is 1. The van der Waals surface area contributed by atoms with Crippen LogP contribution in [0, 0.1) is 0 Å². The topological polar surface area (TPSA) is 53.3 Å². The first-order valence-electron chi connectivity index (χ1n) is 15.7. The standard InChI is InChI=1S/C35H48N4O/c1-22(2)34-16-30-21-39(20-24(4)26-7-6-25-8-9-31(36-5)15-28(25)13-26)32(17-35(30)40-34)12-23(3)29-14-27-10-11-37-19-33(27)38-18-29/h6-7,13-14,16,18,22-24,31-32,36-37H,8-12,15,17,19-21H2,1-5H3. The molecular formula is C35H48N4O. The Morgan fingerprint density at radius 1 is 0.975 bits per heavy atom. The fourth-order valence-corrected chi connectivity index (χ4v) is 7.18. The third-order valence-corrected chi connectivity index (χ3v) is 9.88. The average Bonchev–Trinajstić information content (AvgIpc) is 3.39. The van der Waals surface area contributed by atoms with Crippen LogP contribution in [0.2, 0.25) is 0 Å². The molecule has 5 heteroatoms. The van der Waals surface area contributed by atoms with Crippen molar-refractivity contribution < 1.29 is 4.42 Å². The maximum atomic E-state index is 6.43. The first-order chi connectivity index (χ1) is 19.4. The van der Waals surface area contributed by atoms with Crippen LogP contribution < -0.4 is 10.6 Å². The molecule has 40 heavy (non-hydrogen) atoms. The molecule has 2 aliphatic heterocycles. The van der Waals surface area contributed by atoms with E-state index in [1.807, 2.05) is 0 Å². The van der Waals surface area contributed by atoms with Crippen LogP contribution in [0.25, 0.3) is 0 Å². The molecule has 0 fully saturated rings. The van der Waals surface area contributed by atoms with E-state index in [1.165, 1.54) is 46.5 Å². The first-order valence-corrected chi connectivity index (χ1v) is 15.7. The van der Waals surface area contributed by atoms with Gasteiger partial charge in [-0.05, 0) is 91.4 Å². The van der Waals surface area contributed by atoms with Gasteiger partial charge in [0.15, 0.2) is 0 Å². The molecule has 3 aliphatic rings. The van der Waals surface area contributed by atoms with Gasteiger partial charge in [-0.25, -0.2) is 0 Å². The van der Waals surface area contributed by atoms with E-state index in [0.717, 1.165) is 57.6 Å². The Labute approximate surface area is 241 Å². The molecule has 214 valence electrons. The van der Waals surface area contributed by atoms with Crippen molar-refractivity contribution in [3.05, 3.63) is 87.1 Å². The molecule has 0 radical (unpaired) electrons. The van der Waals surface area contributed by atoms with Gasteiger partial charge < -0.3 is 15.1 Å². The minimum atomic E-state index is 0.420. The van der Waals surface area contributed by atoms with E-state index in [9.17, 15) is 0 Å². The van der Waals surface area contributed by atoms with Crippen LogP contribution in [0.15, 0.2) is 40.9 Å². The van der Waals surface area contributed by atoms with Crippen molar-refractivity contribution >= 4 is 0 Å². The first kappa shape index (κ1) is 27.7. The zero-order chi connectivity index (χ0) is 27.8. The number of furan rings is 1. The Balaban J connectivity index is 1.22.